The zero-order valence-corrected chi connectivity index (χ0v) is 13.2. The van der Waals surface area contributed by atoms with Crippen molar-refractivity contribution in [2.24, 2.45) is 0 Å². The van der Waals surface area contributed by atoms with E-state index < -0.39 is 0 Å². The normalized spacial score (nSPS) is 10.4. The van der Waals surface area contributed by atoms with Gasteiger partial charge in [-0.2, -0.15) is 0 Å². The molecule has 0 atom stereocenters. The van der Waals surface area contributed by atoms with Gasteiger partial charge in [0.05, 0.1) is 13.2 Å². The van der Waals surface area contributed by atoms with Gasteiger partial charge in [0.1, 0.15) is 0 Å². The molecule has 0 saturated heterocycles. The van der Waals surface area contributed by atoms with Crippen LogP contribution >= 0.6 is 11.3 Å². The van der Waals surface area contributed by atoms with E-state index in [2.05, 4.69) is 5.32 Å². The lowest BCUT2D eigenvalue weighted by atomic mass is 10.2. The number of thiophene rings is 1. The molecule has 2 aromatic rings. The van der Waals surface area contributed by atoms with Crippen LogP contribution in [0.5, 0.6) is 0 Å². The fraction of sp³-hybridized carbons (Fsp3) is 0.312. The van der Waals surface area contributed by atoms with E-state index in [9.17, 15) is 4.79 Å². The molecule has 0 aliphatic carbocycles. The highest BCUT2D eigenvalue weighted by Gasteiger charge is 2.14. The molecule has 5 heteroatoms. The molecule has 0 aliphatic rings. The summed E-state index contributed by atoms with van der Waals surface area (Å²) in [7, 11) is 1.64. The molecule has 0 radical (unpaired) electrons. The lowest BCUT2D eigenvalue weighted by molar-refractivity contribution is 0.153. The summed E-state index contributed by atoms with van der Waals surface area (Å²) in [6.07, 6.45) is 0. The lowest BCUT2D eigenvalue weighted by Gasteiger charge is -2.22. The predicted octanol–water partition coefficient (Wildman–Crippen LogP) is 3.74. The standard InChI is InChI=1S/C16H20N2O2S/c1-13-5-7-14(8-6-13)17-16(19)18(9-10-20-2)12-15-4-3-11-21-15/h3-8,11H,9-10,12H2,1-2H3,(H,17,19). The van der Waals surface area contributed by atoms with Crippen LogP contribution in [-0.4, -0.2) is 31.2 Å². The van der Waals surface area contributed by atoms with Crippen molar-refractivity contribution in [3.63, 3.8) is 0 Å². The molecule has 1 aromatic heterocycles. The van der Waals surface area contributed by atoms with Gasteiger partial charge in [-0.25, -0.2) is 4.79 Å². The van der Waals surface area contributed by atoms with Crippen molar-refractivity contribution in [2.45, 2.75) is 13.5 Å². The quantitative estimate of drug-likeness (QED) is 0.883. The molecular formula is C16H20N2O2S. The molecule has 0 fully saturated rings. The van der Waals surface area contributed by atoms with E-state index >= 15 is 0 Å². The van der Waals surface area contributed by atoms with Crippen molar-refractivity contribution in [1.82, 2.24) is 4.90 Å². The molecular weight excluding hydrogens is 284 g/mol. The van der Waals surface area contributed by atoms with Gasteiger partial charge in [-0.05, 0) is 30.5 Å². The fourth-order valence-corrected chi connectivity index (χ4v) is 2.60. The number of nitrogens with one attached hydrogen (secondary N) is 1. The molecule has 0 aliphatic heterocycles. The van der Waals surface area contributed by atoms with Gasteiger partial charge in [0, 0.05) is 24.2 Å². The van der Waals surface area contributed by atoms with Crippen molar-refractivity contribution in [3.8, 4) is 0 Å². The number of aryl methyl sites for hydroxylation is 1. The van der Waals surface area contributed by atoms with Gasteiger partial charge in [-0.15, -0.1) is 11.3 Å². The van der Waals surface area contributed by atoms with E-state index in [0.29, 0.717) is 19.7 Å². The van der Waals surface area contributed by atoms with Gasteiger partial charge in [0.15, 0.2) is 0 Å². The average molecular weight is 304 g/mol. The third-order valence-corrected chi connectivity index (χ3v) is 3.94. The highest BCUT2D eigenvalue weighted by molar-refractivity contribution is 7.09. The maximum absolute atomic E-state index is 12.4. The van der Waals surface area contributed by atoms with E-state index in [4.69, 9.17) is 4.74 Å². The van der Waals surface area contributed by atoms with E-state index in [0.717, 1.165) is 10.6 Å². The highest BCUT2D eigenvalue weighted by Crippen LogP contribution is 2.14. The van der Waals surface area contributed by atoms with E-state index in [-0.39, 0.29) is 6.03 Å². The lowest BCUT2D eigenvalue weighted by Crippen LogP contribution is -2.36. The molecule has 0 saturated carbocycles. The van der Waals surface area contributed by atoms with Gasteiger partial charge in [-0.1, -0.05) is 23.8 Å². The summed E-state index contributed by atoms with van der Waals surface area (Å²) in [5, 5.41) is 4.94. The second-order valence-corrected chi connectivity index (χ2v) is 5.82. The topological polar surface area (TPSA) is 41.6 Å². The third kappa shape index (κ3) is 4.88. The number of hydrogen-bond donors (Lipinski definition) is 1. The Balaban J connectivity index is 2.00. The fourth-order valence-electron chi connectivity index (χ4n) is 1.88. The van der Waals surface area contributed by atoms with Gasteiger partial charge in [0.2, 0.25) is 0 Å². The van der Waals surface area contributed by atoms with Crippen LogP contribution in [-0.2, 0) is 11.3 Å². The van der Waals surface area contributed by atoms with Gasteiger partial charge >= 0.3 is 6.03 Å². The maximum atomic E-state index is 12.4. The SMILES string of the molecule is COCCN(Cc1cccs1)C(=O)Nc1ccc(C)cc1. The largest absolute Gasteiger partial charge is 0.383 e. The summed E-state index contributed by atoms with van der Waals surface area (Å²) in [4.78, 5) is 15.3. The zero-order valence-electron chi connectivity index (χ0n) is 12.3. The summed E-state index contributed by atoms with van der Waals surface area (Å²) in [6, 6.07) is 11.7. The van der Waals surface area contributed by atoms with Gasteiger partial charge in [0.25, 0.3) is 0 Å². The van der Waals surface area contributed by atoms with Crippen LogP contribution in [0.25, 0.3) is 0 Å². The van der Waals surface area contributed by atoms with Crippen LogP contribution in [0.3, 0.4) is 0 Å². The second kappa shape index (κ2) is 7.81. The molecule has 21 heavy (non-hydrogen) atoms. The van der Waals surface area contributed by atoms with Crippen LogP contribution < -0.4 is 5.32 Å². The Labute approximate surface area is 129 Å². The number of nitrogens with zero attached hydrogens (tertiary/aromatic N) is 1. The predicted molar refractivity (Wildman–Crippen MR) is 86.8 cm³/mol. The summed E-state index contributed by atoms with van der Waals surface area (Å²) in [5.74, 6) is 0. The van der Waals surface area contributed by atoms with Crippen molar-refractivity contribution in [3.05, 3.63) is 52.2 Å². The molecule has 112 valence electrons. The first-order valence-electron chi connectivity index (χ1n) is 6.83. The van der Waals surface area contributed by atoms with Crippen molar-refractivity contribution >= 4 is 23.1 Å². The molecule has 0 spiro atoms. The summed E-state index contributed by atoms with van der Waals surface area (Å²) >= 11 is 1.65. The number of methoxy groups -OCH3 is 1. The minimum absolute atomic E-state index is 0.107. The van der Waals surface area contributed by atoms with E-state index in [1.807, 2.05) is 48.7 Å². The number of carbonyl (C=O) groups is 1. The third-order valence-electron chi connectivity index (χ3n) is 3.08. The number of rotatable bonds is 6. The Morgan fingerprint density at radius 3 is 2.67 bits per heavy atom. The zero-order chi connectivity index (χ0) is 15.1. The molecule has 1 heterocycles. The molecule has 0 bridgehead atoms. The number of carbonyl (C=O) groups excluding carboxylic acids is 1. The van der Waals surface area contributed by atoms with Crippen molar-refractivity contribution in [1.29, 1.82) is 0 Å². The van der Waals surface area contributed by atoms with Gasteiger partial charge in [-0.3, -0.25) is 0 Å². The summed E-state index contributed by atoms with van der Waals surface area (Å²) < 4.78 is 5.09. The Morgan fingerprint density at radius 1 is 1.29 bits per heavy atom. The van der Waals surface area contributed by atoms with E-state index in [1.165, 1.54) is 5.56 Å². The van der Waals surface area contributed by atoms with E-state index in [1.54, 1.807) is 23.3 Å². The van der Waals surface area contributed by atoms with Crippen LogP contribution in [0.1, 0.15) is 10.4 Å². The molecule has 0 unspecified atom stereocenters. The average Bonchev–Trinajstić information content (AvgIpc) is 2.98. The number of anilines is 1. The Morgan fingerprint density at radius 2 is 2.05 bits per heavy atom. The molecule has 2 amide bonds. The van der Waals surface area contributed by atoms with Crippen molar-refractivity contribution in [2.75, 3.05) is 25.6 Å². The smallest absolute Gasteiger partial charge is 0.322 e. The number of ether oxygens (including phenoxy) is 1. The Hall–Kier alpha value is -1.85. The van der Waals surface area contributed by atoms with Crippen LogP contribution in [0.15, 0.2) is 41.8 Å². The molecule has 1 N–H and O–H groups in total. The Bertz CT molecular complexity index is 552. The monoisotopic (exact) mass is 304 g/mol. The van der Waals surface area contributed by atoms with Crippen LogP contribution in [0.2, 0.25) is 0 Å². The number of benzene rings is 1. The minimum Gasteiger partial charge on any atom is -0.383 e. The highest BCUT2D eigenvalue weighted by atomic mass is 32.1. The van der Waals surface area contributed by atoms with Crippen molar-refractivity contribution < 1.29 is 9.53 Å². The first-order chi connectivity index (χ1) is 10.2. The Kier molecular flexibility index (Phi) is 5.78. The number of amides is 2. The molecule has 1 aromatic carbocycles. The molecule has 2 rings (SSSR count). The summed E-state index contributed by atoms with van der Waals surface area (Å²) in [6.45, 7) is 3.70. The van der Waals surface area contributed by atoms with Gasteiger partial charge < -0.3 is 15.0 Å². The molecule has 4 nitrogen and oxygen atoms in total. The minimum atomic E-state index is -0.107. The van der Waals surface area contributed by atoms with Crippen LogP contribution in [0, 0.1) is 6.92 Å². The summed E-state index contributed by atoms with van der Waals surface area (Å²) in [5.41, 5.74) is 1.97. The number of hydrogen-bond acceptors (Lipinski definition) is 3. The van der Waals surface area contributed by atoms with Crippen LogP contribution in [0.4, 0.5) is 10.5 Å². The maximum Gasteiger partial charge on any atom is 0.322 e. The number of urea groups is 1. The first-order valence-corrected chi connectivity index (χ1v) is 7.71. The first kappa shape index (κ1) is 15.5. The second-order valence-electron chi connectivity index (χ2n) is 4.79.